The molecule has 27 heavy (non-hydrogen) atoms. The van der Waals surface area contributed by atoms with Crippen LogP contribution in [0.4, 0.5) is 9.59 Å². The number of carboxylic acid groups (broad SMARTS) is 1. The number of nitrogens with one attached hydrogen (secondary N) is 1. The number of halogens is 1. The van der Waals surface area contributed by atoms with Gasteiger partial charge in [0.15, 0.2) is 0 Å². The van der Waals surface area contributed by atoms with Gasteiger partial charge in [-0.15, -0.1) is 0 Å². The quantitative estimate of drug-likeness (QED) is 0.738. The van der Waals surface area contributed by atoms with Gasteiger partial charge in [0.25, 0.3) is 0 Å². The fourth-order valence-corrected chi connectivity index (χ4v) is 2.46. The predicted molar refractivity (Wildman–Crippen MR) is 102 cm³/mol. The number of hydrogen-bond donors (Lipinski definition) is 2. The fourth-order valence-electron chi connectivity index (χ4n) is 2.28. The third kappa shape index (κ3) is 6.71. The van der Waals surface area contributed by atoms with Crippen molar-refractivity contribution in [3.8, 4) is 11.5 Å². The van der Waals surface area contributed by atoms with Gasteiger partial charge in [-0.3, -0.25) is 0 Å². The average molecular weight is 393 g/mol. The largest absolute Gasteiger partial charge is 0.493 e. The molecule has 0 aliphatic heterocycles. The Balaban J connectivity index is 2.00. The van der Waals surface area contributed by atoms with Crippen molar-refractivity contribution in [1.82, 2.24) is 10.2 Å². The van der Waals surface area contributed by atoms with Crippen molar-refractivity contribution in [3.05, 3.63) is 59.1 Å². The van der Waals surface area contributed by atoms with Crippen molar-refractivity contribution in [3.63, 3.8) is 0 Å². The summed E-state index contributed by atoms with van der Waals surface area (Å²) in [6.45, 7) is 0.294. The Labute approximate surface area is 162 Å². The van der Waals surface area contributed by atoms with Gasteiger partial charge < -0.3 is 24.8 Å². The zero-order valence-electron chi connectivity index (χ0n) is 15.0. The van der Waals surface area contributed by atoms with E-state index in [1.54, 1.807) is 62.6 Å². The lowest BCUT2D eigenvalue weighted by atomic mass is 10.0. The van der Waals surface area contributed by atoms with E-state index in [0.29, 0.717) is 29.5 Å². The maximum atomic E-state index is 11.6. The summed E-state index contributed by atoms with van der Waals surface area (Å²) in [7, 11) is 3.17. The molecule has 0 spiro atoms. The SMILES string of the molecule is CN(C)C(=O)Oc1ccc([C@@H](CCOc2cccc(Cl)c2)NC(=O)O)cc1. The number of rotatable bonds is 7. The number of nitrogens with zero attached hydrogens (tertiary/aromatic N) is 1. The van der Waals surface area contributed by atoms with Crippen molar-refractivity contribution in [2.24, 2.45) is 0 Å². The predicted octanol–water partition coefficient (Wildman–Crippen LogP) is 4.18. The summed E-state index contributed by atoms with van der Waals surface area (Å²) in [5.41, 5.74) is 0.733. The van der Waals surface area contributed by atoms with Gasteiger partial charge in [0.2, 0.25) is 0 Å². The van der Waals surface area contributed by atoms with E-state index in [4.69, 9.17) is 26.2 Å². The molecule has 0 heterocycles. The van der Waals surface area contributed by atoms with Crippen LogP contribution in [0.5, 0.6) is 11.5 Å². The molecule has 0 fully saturated rings. The highest BCUT2D eigenvalue weighted by Gasteiger charge is 2.15. The Morgan fingerprint density at radius 2 is 1.85 bits per heavy atom. The fraction of sp³-hybridized carbons (Fsp3) is 0.263. The molecule has 0 aliphatic carbocycles. The number of ether oxygens (including phenoxy) is 2. The van der Waals surface area contributed by atoms with Crippen LogP contribution < -0.4 is 14.8 Å². The first kappa shape index (κ1) is 20.4. The van der Waals surface area contributed by atoms with Gasteiger partial charge in [-0.05, 0) is 35.9 Å². The topological polar surface area (TPSA) is 88.1 Å². The van der Waals surface area contributed by atoms with Crippen LogP contribution in [0.3, 0.4) is 0 Å². The molecule has 0 aromatic heterocycles. The second-order valence-corrected chi connectivity index (χ2v) is 6.36. The Hall–Kier alpha value is -2.93. The highest BCUT2D eigenvalue weighted by Crippen LogP contribution is 2.22. The minimum absolute atomic E-state index is 0.294. The lowest BCUT2D eigenvalue weighted by Gasteiger charge is -2.18. The Morgan fingerprint density at radius 3 is 2.44 bits per heavy atom. The van der Waals surface area contributed by atoms with E-state index in [1.165, 1.54) is 4.90 Å². The highest BCUT2D eigenvalue weighted by atomic mass is 35.5. The standard InChI is InChI=1S/C19H21ClN2O5/c1-22(2)19(25)27-15-8-6-13(7-9-15)17(21-18(23)24)10-11-26-16-5-3-4-14(20)12-16/h3-9,12,17,21H,10-11H2,1-2H3,(H,23,24)/t17-/m1/s1. The van der Waals surface area contributed by atoms with E-state index in [2.05, 4.69) is 5.32 Å². The van der Waals surface area contributed by atoms with E-state index in [0.717, 1.165) is 5.56 Å². The lowest BCUT2D eigenvalue weighted by molar-refractivity contribution is 0.172. The highest BCUT2D eigenvalue weighted by molar-refractivity contribution is 6.30. The van der Waals surface area contributed by atoms with Crippen LogP contribution in [0.1, 0.15) is 18.0 Å². The summed E-state index contributed by atoms with van der Waals surface area (Å²) < 4.78 is 10.8. The Bertz CT molecular complexity index is 780. The van der Waals surface area contributed by atoms with Gasteiger partial charge in [-0.2, -0.15) is 0 Å². The summed E-state index contributed by atoms with van der Waals surface area (Å²) in [5, 5.41) is 12.1. The number of carbonyl (C=O) groups is 2. The van der Waals surface area contributed by atoms with Gasteiger partial charge in [-0.25, -0.2) is 9.59 Å². The molecule has 1 atom stereocenters. The summed E-state index contributed by atoms with van der Waals surface area (Å²) in [6, 6.07) is 13.2. The van der Waals surface area contributed by atoms with E-state index < -0.39 is 18.2 Å². The van der Waals surface area contributed by atoms with E-state index >= 15 is 0 Å². The second kappa shape index (κ2) is 9.68. The normalized spacial score (nSPS) is 11.4. The van der Waals surface area contributed by atoms with Gasteiger partial charge >= 0.3 is 12.2 Å². The molecule has 2 aromatic rings. The summed E-state index contributed by atoms with van der Waals surface area (Å²) in [6.07, 6.45) is -1.21. The molecular weight excluding hydrogens is 372 g/mol. The van der Waals surface area contributed by atoms with Gasteiger partial charge in [-0.1, -0.05) is 29.8 Å². The zero-order chi connectivity index (χ0) is 19.8. The molecule has 2 aromatic carbocycles. The lowest BCUT2D eigenvalue weighted by Crippen LogP contribution is -2.28. The molecular formula is C19H21ClN2O5. The molecule has 0 saturated heterocycles. The van der Waals surface area contributed by atoms with Crippen molar-refractivity contribution in [2.45, 2.75) is 12.5 Å². The molecule has 7 nitrogen and oxygen atoms in total. The minimum atomic E-state index is -1.13. The van der Waals surface area contributed by atoms with Crippen LogP contribution in [0, 0.1) is 0 Å². The summed E-state index contributed by atoms with van der Waals surface area (Å²) in [5.74, 6) is 0.990. The van der Waals surface area contributed by atoms with Crippen molar-refractivity contribution in [2.75, 3.05) is 20.7 Å². The molecule has 2 rings (SSSR count). The number of hydrogen-bond acceptors (Lipinski definition) is 4. The molecule has 0 aliphatic rings. The number of benzene rings is 2. The number of carbonyl (C=O) groups excluding carboxylic acids is 1. The van der Waals surface area contributed by atoms with Crippen molar-refractivity contribution in [1.29, 1.82) is 0 Å². The summed E-state index contributed by atoms with van der Waals surface area (Å²) in [4.78, 5) is 24.0. The van der Waals surface area contributed by atoms with Crippen molar-refractivity contribution >= 4 is 23.8 Å². The number of amides is 2. The smallest absolute Gasteiger partial charge is 0.414 e. The Kier molecular flexibility index (Phi) is 7.31. The second-order valence-electron chi connectivity index (χ2n) is 5.93. The first-order valence-corrected chi connectivity index (χ1v) is 8.60. The van der Waals surface area contributed by atoms with Crippen LogP contribution >= 0.6 is 11.6 Å². The van der Waals surface area contributed by atoms with Crippen LogP contribution in [0.2, 0.25) is 5.02 Å². The molecule has 2 N–H and O–H groups in total. The van der Waals surface area contributed by atoms with Crippen LogP contribution in [-0.2, 0) is 0 Å². The molecule has 0 unspecified atom stereocenters. The third-order valence-electron chi connectivity index (χ3n) is 3.62. The molecule has 0 bridgehead atoms. The van der Waals surface area contributed by atoms with Gasteiger partial charge in [0.05, 0.1) is 12.6 Å². The average Bonchev–Trinajstić information content (AvgIpc) is 2.61. The van der Waals surface area contributed by atoms with E-state index in [9.17, 15) is 9.59 Å². The third-order valence-corrected chi connectivity index (χ3v) is 3.86. The Morgan fingerprint density at radius 1 is 1.15 bits per heavy atom. The zero-order valence-corrected chi connectivity index (χ0v) is 15.8. The summed E-state index contributed by atoms with van der Waals surface area (Å²) >= 11 is 5.91. The van der Waals surface area contributed by atoms with Crippen molar-refractivity contribution < 1.29 is 24.2 Å². The maximum absolute atomic E-state index is 11.6. The van der Waals surface area contributed by atoms with E-state index in [1.807, 2.05) is 0 Å². The first-order valence-electron chi connectivity index (χ1n) is 8.22. The molecule has 144 valence electrons. The van der Waals surface area contributed by atoms with Gasteiger partial charge in [0.1, 0.15) is 11.5 Å². The van der Waals surface area contributed by atoms with Crippen LogP contribution in [0.15, 0.2) is 48.5 Å². The van der Waals surface area contributed by atoms with E-state index in [-0.39, 0.29) is 0 Å². The van der Waals surface area contributed by atoms with Crippen LogP contribution in [-0.4, -0.2) is 42.9 Å². The minimum Gasteiger partial charge on any atom is -0.493 e. The van der Waals surface area contributed by atoms with Gasteiger partial charge in [0, 0.05) is 25.5 Å². The molecule has 8 heteroatoms. The molecule has 0 radical (unpaired) electrons. The first-order chi connectivity index (χ1) is 12.8. The maximum Gasteiger partial charge on any atom is 0.414 e. The molecule has 0 saturated carbocycles. The molecule has 2 amide bonds. The van der Waals surface area contributed by atoms with Crippen LogP contribution in [0.25, 0.3) is 0 Å². The monoisotopic (exact) mass is 392 g/mol.